The second-order valence-electron chi connectivity index (χ2n) is 3.38. The molecule has 0 saturated heterocycles. The number of nitrogens with one attached hydrogen (secondary N) is 2. The quantitative estimate of drug-likeness (QED) is 0.743. The fourth-order valence-corrected chi connectivity index (χ4v) is 2.94. The van der Waals surface area contributed by atoms with E-state index in [1.165, 1.54) is 12.3 Å². The SMILES string of the molecule is Nc1cc(F)c(Br)cc1S(=O)(=O)Nc1ccn[nH]1. The van der Waals surface area contributed by atoms with Gasteiger partial charge in [-0.3, -0.25) is 9.82 Å². The lowest BCUT2D eigenvalue weighted by atomic mass is 10.3. The van der Waals surface area contributed by atoms with Crippen LogP contribution in [-0.4, -0.2) is 18.6 Å². The summed E-state index contributed by atoms with van der Waals surface area (Å²) in [7, 11) is -3.90. The number of aromatic nitrogens is 2. The van der Waals surface area contributed by atoms with Crippen LogP contribution in [0.25, 0.3) is 0 Å². The Labute approximate surface area is 111 Å². The Bertz CT molecular complexity index is 672. The molecule has 0 amide bonds. The predicted octanol–water partition coefficient (Wildman–Crippen LogP) is 1.69. The molecule has 2 aromatic rings. The molecular formula is C9H8BrFN4O2S. The molecule has 18 heavy (non-hydrogen) atoms. The first-order valence-electron chi connectivity index (χ1n) is 4.67. The topological polar surface area (TPSA) is 101 Å². The number of nitrogens with two attached hydrogens (primary N) is 1. The smallest absolute Gasteiger partial charge is 0.265 e. The summed E-state index contributed by atoms with van der Waals surface area (Å²) in [4.78, 5) is -0.217. The van der Waals surface area contributed by atoms with E-state index in [0.717, 1.165) is 12.1 Å². The van der Waals surface area contributed by atoms with Crippen molar-refractivity contribution < 1.29 is 12.8 Å². The van der Waals surface area contributed by atoms with Gasteiger partial charge in [0.1, 0.15) is 16.5 Å². The van der Waals surface area contributed by atoms with Crippen molar-refractivity contribution in [1.82, 2.24) is 10.2 Å². The van der Waals surface area contributed by atoms with Gasteiger partial charge in [0.05, 0.1) is 16.4 Å². The molecule has 1 aromatic heterocycles. The van der Waals surface area contributed by atoms with Crippen LogP contribution < -0.4 is 10.5 Å². The summed E-state index contributed by atoms with van der Waals surface area (Å²) in [6.45, 7) is 0. The van der Waals surface area contributed by atoms with Gasteiger partial charge in [0.25, 0.3) is 10.0 Å². The molecule has 1 aromatic carbocycles. The van der Waals surface area contributed by atoms with E-state index in [1.807, 2.05) is 0 Å². The van der Waals surface area contributed by atoms with E-state index in [0.29, 0.717) is 0 Å². The normalized spacial score (nSPS) is 11.4. The zero-order chi connectivity index (χ0) is 13.3. The highest BCUT2D eigenvalue weighted by Gasteiger charge is 2.20. The maximum atomic E-state index is 13.2. The third-order valence-electron chi connectivity index (χ3n) is 2.09. The average Bonchev–Trinajstić information content (AvgIpc) is 2.75. The van der Waals surface area contributed by atoms with Crippen molar-refractivity contribution in [2.45, 2.75) is 4.90 Å². The van der Waals surface area contributed by atoms with Crippen molar-refractivity contribution in [3.8, 4) is 0 Å². The highest BCUT2D eigenvalue weighted by Crippen LogP contribution is 2.27. The molecule has 9 heteroatoms. The molecule has 6 nitrogen and oxygen atoms in total. The number of hydrogen-bond acceptors (Lipinski definition) is 4. The summed E-state index contributed by atoms with van der Waals surface area (Å²) in [6, 6.07) is 3.47. The number of H-pyrrole nitrogens is 1. The highest BCUT2D eigenvalue weighted by molar-refractivity contribution is 9.10. The fourth-order valence-electron chi connectivity index (χ4n) is 1.29. The molecule has 0 spiro atoms. The van der Waals surface area contributed by atoms with E-state index < -0.39 is 15.8 Å². The summed E-state index contributed by atoms with van der Waals surface area (Å²) in [6.07, 6.45) is 1.39. The van der Waals surface area contributed by atoms with Gasteiger partial charge in [-0.25, -0.2) is 12.8 Å². The molecule has 0 radical (unpaired) electrons. The van der Waals surface area contributed by atoms with E-state index in [9.17, 15) is 12.8 Å². The van der Waals surface area contributed by atoms with E-state index in [-0.39, 0.29) is 20.9 Å². The van der Waals surface area contributed by atoms with Gasteiger partial charge in [-0.05, 0) is 28.1 Å². The van der Waals surface area contributed by atoms with Crippen LogP contribution in [0.2, 0.25) is 0 Å². The standard InChI is InChI=1S/C9H8BrFN4O2S/c10-5-3-8(7(12)4-6(5)11)18(16,17)15-9-1-2-13-14-9/h1-4H,12H2,(H2,13,14,15). The van der Waals surface area contributed by atoms with E-state index in [1.54, 1.807) is 0 Å². The molecular weight excluding hydrogens is 327 g/mol. The molecule has 4 N–H and O–H groups in total. The summed E-state index contributed by atoms with van der Waals surface area (Å²) < 4.78 is 39.4. The van der Waals surface area contributed by atoms with Crippen LogP contribution in [0, 0.1) is 5.82 Å². The van der Waals surface area contributed by atoms with Gasteiger partial charge in [-0.15, -0.1) is 0 Å². The van der Waals surface area contributed by atoms with Gasteiger partial charge in [0, 0.05) is 6.07 Å². The highest BCUT2D eigenvalue weighted by atomic mass is 79.9. The molecule has 0 atom stereocenters. The first-order chi connectivity index (χ1) is 8.40. The number of rotatable bonds is 3. The molecule has 0 unspecified atom stereocenters. The molecule has 0 fully saturated rings. The van der Waals surface area contributed by atoms with Crippen molar-refractivity contribution in [3.05, 3.63) is 34.7 Å². The second kappa shape index (κ2) is 4.58. The Kier molecular flexibility index (Phi) is 3.26. The van der Waals surface area contributed by atoms with Gasteiger partial charge < -0.3 is 5.73 Å². The monoisotopic (exact) mass is 334 g/mol. The van der Waals surface area contributed by atoms with Crippen LogP contribution in [0.3, 0.4) is 0 Å². The number of anilines is 2. The third-order valence-corrected chi connectivity index (χ3v) is 4.12. The van der Waals surface area contributed by atoms with Crippen LogP contribution in [0.4, 0.5) is 15.9 Å². The Balaban J connectivity index is 2.44. The van der Waals surface area contributed by atoms with E-state index >= 15 is 0 Å². The number of hydrogen-bond donors (Lipinski definition) is 3. The number of sulfonamides is 1. The maximum Gasteiger partial charge on any atom is 0.265 e. The number of halogens is 2. The number of nitrogen functional groups attached to an aromatic ring is 1. The Hall–Kier alpha value is -1.61. The van der Waals surface area contributed by atoms with Gasteiger partial charge >= 0.3 is 0 Å². The van der Waals surface area contributed by atoms with Crippen molar-refractivity contribution in [2.75, 3.05) is 10.5 Å². The van der Waals surface area contributed by atoms with Crippen molar-refractivity contribution in [1.29, 1.82) is 0 Å². The first-order valence-corrected chi connectivity index (χ1v) is 6.94. The van der Waals surface area contributed by atoms with Gasteiger partial charge in [0.2, 0.25) is 0 Å². The van der Waals surface area contributed by atoms with Gasteiger partial charge in [-0.1, -0.05) is 0 Å². The second-order valence-corrected chi connectivity index (χ2v) is 5.89. The molecule has 0 aliphatic rings. The molecule has 0 aliphatic heterocycles. The van der Waals surface area contributed by atoms with Crippen LogP contribution >= 0.6 is 15.9 Å². The number of nitrogens with zero attached hydrogens (tertiary/aromatic N) is 1. The number of benzene rings is 1. The molecule has 0 bridgehead atoms. The van der Waals surface area contributed by atoms with E-state index in [2.05, 4.69) is 30.8 Å². The minimum Gasteiger partial charge on any atom is -0.398 e. The van der Waals surface area contributed by atoms with Crippen LogP contribution in [0.5, 0.6) is 0 Å². The van der Waals surface area contributed by atoms with Gasteiger partial charge in [-0.2, -0.15) is 5.10 Å². The Morgan fingerprint density at radius 3 is 2.78 bits per heavy atom. The average molecular weight is 335 g/mol. The lowest BCUT2D eigenvalue weighted by Gasteiger charge is -2.09. The molecule has 0 aliphatic carbocycles. The summed E-state index contributed by atoms with van der Waals surface area (Å²) >= 11 is 2.91. The fraction of sp³-hybridized carbons (Fsp3) is 0. The molecule has 96 valence electrons. The lowest BCUT2D eigenvalue weighted by molar-refractivity contribution is 0.599. The third kappa shape index (κ3) is 2.46. The summed E-state index contributed by atoms with van der Waals surface area (Å²) in [5, 5.41) is 6.04. The minimum atomic E-state index is -3.90. The van der Waals surface area contributed by atoms with Crippen molar-refractivity contribution in [2.24, 2.45) is 0 Å². The van der Waals surface area contributed by atoms with Crippen molar-refractivity contribution >= 4 is 37.5 Å². The van der Waals surface area contributed by atoms with Crippen LogP contribution in [-0.2, 0) is 10.0 Å². The maximum absolute atomic E-state index is 13.2. The zero-order valence-corrected chi connectivity index (χ0v) is 11.2. The predicted molar refractivity (Wildman–Crippen MR) is 67.9 cm³/mol. The van der Waals surface area contributed by atoms with Crippen LogP contribution in [0.15, 0.2) is 33.8 Å². The Morgan fingerprint density at radius 2 is 2.17 bits per heavy atom. The molecule has 1 heterocycles. The molecule has 0 saturated carbocycles. The van der Waals surface area contributed by atoms with E-state index in [4.69, 9.17) is 5.73 Å². The minimum absolute atomic E-state index is 0.0154. The molecule has 2 rings (SSSR count). The number of aromatic amines is 1. The first kappa shape index (κ1) is 12.8. The lowest BCUT2D eigenvalue weighted by Crippen LogP contribution is -2.15. The summed E-state index contributed by atoms with van der Waals surface area (Å²) in [5.41, 5.74) is 5.32. The Morgan fingerprint density at radius 1 is 1.44 bits per heavy atom. The summed E-state index contributed by atoms with van der Waals surface area (Å²) in [5.74, 6) is -0.442. The van der Waals surface area contributed by atoms with Gasteiger partial charge in [0.15, 0.2) is 0 Å². The van der Waals surface area contributed by atoms with Crippen LogP contribution in [0.1, 0.15) is 0 Å². The largest absolute Gasteiger partial charge is 0.398 e. The zero-order valence-electron chi connectivity index (χ0n) is 8.81. The van der Waals surface area contributed by atoms with Crippen molar-refractivity contribution in [3.63, 3.8) is 0 Å².